The summed E-state index contributed by atoms with van der Waals surface area (Å²) in [5.74, 6) is 0.456. The van der Waals surface area contributed by atoms with Gasteiger partial charge in [-0.15, -0.1) is 11.6 Å². The van der Waals surface area contributed by atoms with E-state index in [9.17, 15) is 4.39 Å². The van der Waals surface area contributed by atoms with Gasteiger partial charge in [0.25, 0.3) is 0 Å². The molecule has 2 unspecified atom stereocenters. The summed E-state index contributed by atoms with van der Waals surface area (Å²) in [7, 11) is 0. The molecule has 2 aromatic heterocycles. The van der Waals surface area contributed by atoms with Crippen molar-refractivity contribution < 1.29 is 4.39 Å². The summed E-state index contributed by atoms with van der Waals surface area (Å²) in [6.07, 6.45) is 3.66. The molecular weight excluding hydrogens is 291 g/mol. The maximum Gasteiger partial charge on any atom is 0.128 e. The third-order valence-corrected chi connectivity index (χ3v) is 3.68. The molecule has 0 fully saturated rings. The quantitative estimate of drug-likeness (QED) is 0.685. The minimum Gasteiger partial charge on any atom is -0.322 e. The molecule has 2 atom stereocenters. The molecule has 21 heavy (non-hydrogen) atoms. The van der Waals surface area contributed by atoms with E-state index >= 15 is 0 Å². The summed E-state index contributed by atoms with van der Waals surface area (Å²) in [6.45, 7) is 4.65. The topological polar surface area (TPSA) is 35.6 Å². The molecule has 6 heteroatoms. The van der Waals surface area contributed by atoms with Gasteiger partial charge in [-0.1, -0.05) is 0 Å². The molecule has 2 heterocycles. The Morgan fingerprint density at radius 1 is 1.33 bits per heavy atom. The van der Waals surface area contributed by atoms with Crippen LogP contribution in [0.15, 0.2) is 36.7 Å². The first-order chi connectivity index (χ1) is 10.1. The minimum absolute atomic E-state index is 0.108. The number of fused-ring (bicyclic) bond motifs is 1. The first kappa shape index (κ1) is 14.1. The van der Waals surface area contributed by atoms with Crippen LogP contribution in [0.4, 0.5) is 4.39 Å². The predicted octanol–water partition coefficient (Wildman–Crippen LogP) is 3.93. The van der Waals surface area contributed by atoms with E-state index in [1.54, 1.807) is 12.3 Å². The lowest BCUT2D eigenvalue weighted by atomic mass is 10.2. The van der Waals surface area contributed by atoms with Gasteiger partial charge in [0.1, 0.15) is 11.6 Å². The second kappa shape index (κ2) is 5.48. The van der Waals surface area contributed by atoms with Crippen molar-refractivity contribution in [2.24, 2.45) is 0 Å². The van der Waals surface area contributed by atoms with Crippen molar-refractivity contribution >= 4 is 22.6 Å². The van der Waals surface area contributed by atoms with Crippen molar-refractivity contribution in [1.29, 1.82) is 0 Å². The van der Waals surface area contributed by atoms with Gasteiger partial charge in [0.05, 0.1) is 29.0 Å². The van der Waals surface area contributed by atoms with Crippen molar-refractivity contribution in [3.05, 3.63) is 48.3 Å². The highest BCUT2D eigenvalue weighted by molar-refractivity contribution is 6.20. The third-order valence-electron chi connectivity index (χ3n) is 3.49. The Hall–Kier alpha value is -1.88. The fourth-order valence-electron chi connectivity index (χ4n) is 2.60. The zero-order valence-corrected chi connectivity index (χ0v) is 12.6. The molecule has 0 amide bonds. The van der Waals surface area contributed by atoms with E-state index in [2.05, 4.69) is 21.6 Å². The second-order valence-corrected chi connectivity index (χ2v) is 5.82. The van der Waals surface area contributed by atoms with E-state index < -0.39 is 0 Å². The highest BCUT2D eigenvalue weighted by Crippen LogP contribution is 2.29. The van der Waals surface area contributed by atoms with Crippen LogP contribution in [-0.2, 0) is 6.54 Å². The maximum atomic E-state index is 13.4. The van der Waals surface area contributed by atoms with Gasteiger partial charge < -0.3 is 4.57 Å². The molecule has 0 aliphatic carbocycles. The van der Waals surface area contributed by atoms with Crippen LogP contribution in [0.3, 0.4) is 0 Å². The Balaban J connectivity index is 2.08. The van der Waals surface area contributed by atoms with Gasteiger partial charge in [-0.05, 0) is 32.0 Å². The van der Waals surface area contributed by atoms with Gasteiger partial charge >= 0.3 is 0 Å². The Bertz CT molecular complexity index is 748. The Labute approximate surface area is 127 Å². The van der Waals surface area contributed by atoms with Crippen LogP contribution in [0, 0.1) is 5.82 Å². The fourth-order valence-corrected chi connectivity index (χ4v) is 2.75. The maximum absolute atomic E-state index is 13.4. The average molecular weight is 307 g/mol. The van der Waals surface area contributed by atoms with E-state index in [0.717, 1.165) is 11.3 Å². The van der Waals surface area contributed by atoms with Crippen LogP contribution in [0.2, 0.25) is 0 Å². The first-order valence-electron chi connectivity index (χ1n) is 6.85. The number of rotatable bonds is 4. The summed E-state index contributed by atoms with van der Waals surface area (Å²) in [5.41, 5.74) is 1.52. The number of aromatic nitrogens is 4. The summed E-state index contributed by atoms with van der Waals surface area (Å²) >= 11 is 6.25. The van der Waals surface area contributed by atoms with Gasteiger partial charge in [-0.3, -0.25) is 4.68 Å². The monoisotopic (exact) mass is 306 g/mol. The molecule has 3 rings (SSSR count). The van der Waals surface area contributed by atoms with E-state index in [4.69, 9.17) is 11.6 Å². The average Bonchev–Trinajstić information content (AvgIpc) is 3.04. The summed E-state index contributed by atoms with van der Waals surface area (Å²) in [6, 6.07) is 6.63. The first-order valence-corrected chi connectivity index (χ1v) is 7.29. The third kappa shape index (κ3) is 2.65. The van der Waals surface area contributed by atoms with E-state index in [0.29, 0.717) is 12.1 Å². The molecule has 0 aliphatic rings. The summed E-state index contributed by atoms with van der Waals surface area (Å²) < 4.78 is 17.3. The number of benzene rings is 1. The Morgan fingerprint density at radius 3 is 2.81 bits per heavy atom. The zero-order chi connectivity index (χ0) is 15.0. The van der Waals surface area contributed by atoms with Crippen LogP contribution >= 0.6 is 11.6 Å². The second-order valence-electron chi connectivity index (χ2n) is 5.17. The van der Waals surface area contributed by atoms with Crippen LogP contribution in [0.1, 0.15) is 31.1 Å². The molecule has 0 saturated heterocycles. The number of alkyl halides is 1. The van der Waals surface area contributed by atoms with Crippen molar-refractivity contribution in [2.75, 3.05) is 0 Å². The molecular formula is C15H16ClFN4. The highest BCUT2D eigenvalue weighted by Gasteiger charge is 2.19. The van der Waals surface area contributed by atoms with Gasteiger partial charge in [-0.25, -0.2) is 9.37 Å². The van der Waals surface area contributed by atoms with Crippen molar-refractivity contribution in [2.45, 2.75) is 31.8 Å². The SMILES string of the molecule is CC(Cl)c1nc2cc(F)ccc2n1C(C)Cn1cccn1. The van der Waals surface area contributed by atoms with Crippen molar-refractivity contribution in [3.63, 3.8) is 0 Å². The standard InChI is InChI=1S/C15H16ClFN4/c1-10(9-20-7-3-6-18-20)21-14-5-4-12(17)8-13(14)19-15(21)11(2)16/h3-8,10-11H,9H2,1-2H3. The summed E-state index contributed by atoms with van der Waals surface area (Å²) in [4.78, 5) is 4.48. The number of nitrogens with zero attached hydrogens (tertiary/aromatic N) is 4. The smallest absolute Gasteiger partial charge is 0.128 e. The fraction of sp³-hybridized carbons (Fsp3) is 0.333. The molecule has 1 aromatic carbocycles. The van der Waals surface area contributed by atoms with Gasteiger partial charge in [0.2, 0.25) is 0 Å². The van der Waals surface area contributed by atoms with E-state index in [1.807, 2.05) is 23.9 Å². The van der Waals surface area contributed by atoms with Gasteiger partial charge in [0.15, 0.2) is 0 Å². The lowest BCUT2D eigenvalue weighted by Crippen LogP contribution is -2.16. The largest absolute Gasteiger partial charge is 0.322 e. The zero-order valence-electron chi connectivity index (χ0n) is 11.9. The van der Waals surface area contributed by atoms with E-state index in [-0.39, 0.29) is 17.2 Å². The minimum atomic E-state index is -0.291. The molecule has 0 radical (unpaired) electrons. The molecule has 0 saturated carbocycles. The highest BCUT2D eigenvalue weighted by atomic mass is 35.5. The predicted molar refractivity (Wildman–Crippen MR) is 80.9 cm³/mol. The molecule has 3 aromatic rings. The molecule has 0 bridgehead atoms. The van der Waals surface area contributed by atoms with Crippen molar-refractivity contribution in [3.8, 4) is 0 Å². The van der Waals surface area contributed by atoms with E-state index in [1.165, 1.54) is 12.1 Å². The van der Waals surface area contributed by atoms with Crippen LogP contribution in [-0.4, -0.2) is 19.3 Å². The Morgan fingerprint density at radius 2 is 2.14 bits per heavy atom. The number of hydrogen-bond donors (Lipinski definition) is 0. The Kier molecular flexibility index (Phi) is 3.68. The number of hydrogen-bond acceptors (Lipinski definition) is 2. The molecule has 0 N–H and O–H groups in total. The van der Waals surface area contributed by atoms with Crippen LogP contribution in [0.25, 0.3) is 11.0 Å². The van der Waals surface area contributed by atoms with Crippen LogP contribution < -0.4 is 0 Å². The lowest BCUT2D eigenvalue weighted by molar-refractivity contribution is 0.434. The normalized spacial score (nSPS) is 14.5. The van der Waals surface area contributed by atoms with Gasteiger partial charge in [0, 0.05) is 18.5 Å². The van der Waals surface area contributed by atoms with Crippen LogP contribution in [0.5, 0.6) is 0 Å². The molecule has 0 aliphatic heterocycles. The lowest BCUT2D eigenvalue weighted by Gasteiger charge is -2.18. The molecule has 4 nitrogen and oxygen atoms in total. The van der Waals surface area contributed by atoms with Gasteiger partial charge in [-0.2, -0.15) is 5.10 Å². The number of imidazole rings is 1. The summed E-state index contributed by atoms with van der Waals surface area (Å²) in [5, 5.41) is 3.98. The number of halogens is 2. The molecule has 110 valence electrons. The van der Waals surface area contributed by atoms with Crippen molar-refractivity contribution in [1.82, 2.24) is 19.3 Å². The molecule has 0 spiro atoms.